The monoisotopic (exact) mass is 260 g/mol. The van der Waals surface area contributed by atoms with Crippen LogP contribution >= 0.6 is 17.0 Å². The Kier molecular flexibility index (Phi) is 4.85. The van der Waals surface area contributed by atoms with Gasteiger partial charge in [0.15, 0.2) is 0 Å². The first-order valence-corrected chi connectivity index (χ1v) is 4.73. The third-order valence-electron chi connectivity index (χ3n) is 2.07. The smallest absolute Gasteiger partial charge is 0.0256 e. The van der Waals surface area contributed by atoms with Crippen LogP contribution in [0.3, 0.4) is 0 Å². The minimum Gasteiger partial charge on any atom is -0.114 e. The largest absolute Gasteiger partial charge is 0.114 e. The Morgan fingerprint density at radius 2 is 0.867 bits per heavy atom. The summed E-state index contributed by atoms with van der Waals surface area (Å²) in [6, 6.07) is 20.6. The SMILES string of the molecule is Br.C(=C\c1ccccc1)/c1ccccc1. The van der Waals surface area contributed by atoms with E-state index in [1.54, 1.807) is 0 Å². The van der Waals surface area contributed by atoms with Crippen molar-refractivity contribution in [3.8, 4) is 0 Å². The van der Waals surface area contributed by atoms with E-state index in [2.05, 4.69) is 36.4 Å². The number of halogens is 1. The van der Waals surface area contributed by atoms with E-state index in [9.17, 15) is 0 Å². The van der Waals surface area contributed by atoms with Crippen molar-refractivity contribution in [3.63, 3.8) is 0 Å². The van der Waals surface area contributed by atoms with Gasteiger partial charge >= 0.3 is 0 Å². The second-order valence-electron chi connectivity index (χ2n) is 3.15. The third kappa shape index (κ3) is 3.72. The highest BCUT2D eigenvalue weighted by atomic mass is 79.9. The lowest BCUT2D eigenvalue weighted by atomic mass is 10.1. The van der Waals surface area contributed by atoms with E-state index < -0.39 is 0 Å². The molecule has 0 spiro atoms. The number of benzene rings is 2. The molecule has 2 rings (SSSR count). The zero-order valence-corrected chi connectivity index (χ0v) is 10.0. The van der Waals surface area contributed by atoms with Crippen LogP contribution in [0.4, 0.5) is 0 Å². The molecule has 0 atom stereocenters. The second kappa shape index (κ2) is 6.20. The molecule has 0 amide bonds. The molecule has 0 bridgehead atoms. The van der Waals surface area contributed by atoms with E-state index in [1.807, 2.05) is 36.4 Å². The summed E-state index contributed by atoms with van der Waals surface area (Å²) in [7, 11) is 0. The average molecular weight is 261 g/mol. The highest BCUT2D eigenvalue weighted by Gasteiger charge is 1.84. The molecule has 0 aliphatic carbocycles. The van der Waals surface area contributed by atoms with Gasteiger partial charge in [0.25, 0.3) is 0 Å². The number of rotatable bonds is 2. The summed E-state index contributed by atoms with van der Waals surface area (Å²) in [5, 5.41) is 0. The van der Waals surface area contributed by atoms with Crippen LogP contribution in [0.15, 0.2) is 60.7 Å². The van der Waals surface area contributed by atoms with Crippen LogP contribution in [0.1, 0.15) is 11.1 Å². The molecule has 76 valence electrons. The molecule has 15 heavy (non-hydrogen) atoms. The van der Waals surface area contributed by atoms with E-state index in [0.29, 0.717) is 0 Å². The summed E-state index contributed by atoms with van der Waals surface area (Å²) in [4.78, 5) is 0. The maximum absolute atomic E-state index is 2.12. The standard InChI is InChI=1S/C14H12.BrH/c1-3-7-13(8-4-1)11-12-14-9-5-2-6-10-14;/h1-12H;1H/b12-11+;. The Labute approximate surface area is 101 Å². The molecule has 0 aromatic heterocycles. The topological polar surface area (TPSA) is 0 Å². The van der Waals surface area contributed by atoms with Crippen molar-refractivity contribution in [2.75, 3.05) is 0 Å². The molecule has 1 heteroatoms. The second-order valence-corrected chi connectivity index (χ2v) is 3.15. The fourth-order valence-electron chi connectivity index (χ4n) is 1.32. The van der Waals surface area contributed by atoms with Gasteiger partial charge in [-0.3, -0.25) is 0 Å². The van der Waals surface area contributed by atoms with Gasteiger partial charge in [0.2, 0.25) is 0 Å². The Morgan fingerprint density at radius 3 is 1.20 bits per heavy atom. The summed E-state index contributed by atoms with van der Waals surface area (Å²) in [6.45, 7) is 0. The first-order chi connectivity index (χ1) is 6.95. The lowest BCUT2D eigenvalue weighted by Crippen LogP contribution is -1.70. The van der Waals surface area contributed by atoms with Gasteiger partial charge in [-0.15, -0.1) is 17.0 Å². The summed E-state index contributed by atoms with van der Waals surface area (Å²) in [5.74, 6) is 0. The van der Waals surface area contributed by atoms with E-state index in [-0.39, 0.29) is 17.0 Å². The summed E-state index contributed by atoms with van der Waals surface area (Å²) in [6.07, 6.45) is 4.24. The maximum Gasteiger partial charge on any atom is -0.0256 e. The molecule has 0 radical (unpaired) electrons. The van der Waals surface area contributed by atoms with Gasteiger partial charge in [0, 0.05) is 0 Å². The molecule has 0 saturated heterocycles. The zero-order chi connectivity index (χ0) is 9.64. The van der Waals surface area contributed by atoms with Gasteiger partial charge in [-0.05, 0) is 11.1 Å². The Balaban J connectivity index is 0.00000112. The van der Waals surface area contributed by atoms with Gasteiger partial charge in [0.05, 0.1) is 0 Å². The first kappa shape index (κ1) is 11.7. The Morgan fingerprint density at radius 1 is 0.533 bits per heavy atom. The molecular weight excluding hydrogens is 248 g/mol. The maximum atomic E-state index is 2.12. The van der Waals surface area contributed by atoms with Crippen molar-refractivity contribution in [2.45, 2.75) is 0 Å². The molecule has 2 aromatic rings. The molecule has 0 N–H and O–H groups in total. The summed E-state index contributed by atoms with van der Waals surface area (Å²) < 4.78 is 0. The van der Waals surface area contributed by atoms with Crippen molar-refractivity contribution < 1.29 is 0 Å². The van der Waals surface area contributed by atoms with E-state index >= 15 is 0 Å². The van der Waals surface area contributed by atoms with E-state index in [0.717, 1.165) is 0 Å². The molecular formula is C14H13Br. The van der Waals surface area contributed by atoms with Crippen molar-refractivity contribution in [3.05, 3.63) is 71.8 Å². The van der Waals surface area contributed by atoms with Crippen molar-refractivity contribution >= 4 is 29.1 Å². The fourth-order valence-corrected chi connectivity index (χ4v) is 1.32. The summed E-state index contributed by atoms with van der Waals surface area (Å²) in [5.41, 5.74) is 2.47. The van der Waals surface area contributed by atoms with Gasteiger partial charge in [0.1, 0.15) is 0 Å². The summed E-state index contributed by atoms with van der Waals surface area (Å²) >= 11 is 0. The quantitative estimate of drug-likeness (QED) is 0.701. The molecule has 0 nitrogen and oxygen atoms in total. The lowest BCUT2D eigenvalue weighted by molar-refractivity contribution is 1.65. The molecule has 0 saturated carbocycles. The molecule has 0 aliphatic rings. The molecule has 0 fully saturated rings. The van der Waals surface area contributed by atoms with E-state index in [1.165, 1.54) is 11.1 Å². The third-order valence-corrected chi connectivity index (χ3v) is 2.07. The fraction of sp³-hybridized carbons (Fsp3) is 0. The predicted octanol–water partition coefficient (Wildman–Crippen LogP) is 4.43. The van der Waals surface area contributed by atoms with Gasteiger partial charge in [-0.2, -0.15) is 0 Å². The average Bonchev–Trinajstić information content (AvgIpc) is 2.29. The normalized spacial score (nSPS) is 9.87. The Bertz CT molecular complexity index is 362. The minimum absolute atomic E-state index is 0. The van der Waals surface area contributed by atoms with Crippen molar-refractivity contribution in [1.82, 2.24) is 0 Å². The van der Waals surface area contributed by atoms with Gasteiger partial charge in [-0.25, -0.2) is 0 Å². The lowest BCUT2D eigenvalue weighted by Gasteiger charge is -1.92. The van der Waals surface area contributed by atoms with Crippen LogP contribution in [0.5, 0.6) is 0 Å². The molecule has 0 heterocycles. The van der Waals surface area contributed by atoms with Crippen LogP contribution in [0.2, 0.25) is 0 Å². The van der Waals surface area contributed by atoms with Crippen LogP contribution in [0.25, 0.3) is 12.2 Å². The highest BCUT2D eigenvalue weighted by Crippen LogP contribution is 2.06. The molecule has 2 aromatic carbocycles. The van der Waals surface area contributed by atoms with Crippen LogP contribution in [0, 0.1) is 0 Å². The zero-order valence-electron chi connectivity index (χ0n) is 8.34. The van der Waals surface area contributed by atoms with Crippen molar-refractivity contribution in [2.24, 2.45) is 0 Å². The number of hydrogen-bond acceptors (Lipinski definition) is 0. The first-order valence-electron chi connectivity index (χ1n) is 4.73. The van der Waals surface area contributed by atoms with Crippen LogP contribution in [-0.2, 0) is 0 Å². The number of hydrogen-bond donors (Lipinski definition) is 0. The van der Waals surface area contributed by atoms with Crippen LogP contribution < -0.4 is 0 Å². The minimum atomic E-state index is 0. The highest BCUT2D eigenvalue weighted by molar-refractivity contribution is 8.93. The van der Waals surface area contributed by atoms with E-state index in [4.69, 9.17) is 0 Å². The Hall–Kier alpha value is -1.34. The van der Waals surface area contributed by atoms with Gasteiger partial charge < -0.3 is 0 Å². The van der Waals surface area contributed by atoms with Gasteiger partial charge in [-0.1, -0.05) is 72.8 Å². The molecule has 0 unspecified atom stereocenters. The van der Waals surface area contributed by atoms with Crippen molar-refractivity contribution in [1.29, 1.82) is 0 Å². The molecule has 0 aliphatic heterocycles. The predicted molar refractivity (Wildman–Crippen MR) is 72.1 cm³/mol. The van der Waals surface area contributed by atoms with Crippen LogP contribution in [-0.4, -0.2) is 0 Å².